The molecule has 0 aliphatic carbocycles. The van der Waals surface area contributed by atoms with Crippen LogP contribution in [-0.4, -0.2) is 22.7 Å². The van der Waals surface area contributed by atoms with Crippen molar-refractivity contribution in [3.63, 3.8) is 0 Å². The van der Waals surface area contributed by atoms with Crippen LogP contribution in [0.5, 0.6) is 5.75 Å². The van der Waals surface area contributed by atoms with Gasteiger partial charge in [-0.2, -0.15) is 0 Å². The Morgan fingerprint density at radius 2 is 2.14 bits per heavy atom. The standard InChI is InChI=1S/C9H12N2O3/c10-4-7(11)5-2-1-3-6(8(5)12)9(13)14/h1-3,7,12H,4,10-11H2,(H,13,14)/t7-/m0/s1. The molecule has 0 fully saturated rings. The number of hydrogen-bond acceptors (Lipinski definition) is 4. The third-order valence-corrected chi connectivity index (χ3v) is 1.95. The van der Waals surface area contributed by atoms with Crippen molar-refractivity contribution in [3.05, 3.63) is 29.3 Å². The molecule has 6 N–H and O–H groups in total. The molecule has 0 aliphatic rings. The lowest BCUT2D eigenvalue weighted by atomic mass is 10.0. The van der Waals surface area contributed by atoms with E-state index >= 15 is 0 Å². The van der Waals surface area contributed by atoms with Gasteiger partial charge in [-0.25, -0.2) is 4.79 Å². The van der Waals surface area contributed by atoms with Gasteiger partial charge in [-0.05, 0) is 6.07 Å². The summed E-state index contributed by atoms with van der Waals surface area (Å²) in [5.41, 5.74) is 11.1. The molecule has 0 amide bonds. The second-order valence-electron chi connectivity index (χ2n) is 2.89. The number of carbonyl (C=O) groups is 1. The van der Waals surface area contributed by atoms with Crippen molar-refractivity contribution in [2.45, 2.75) is 6.04 Å². The van der Waals surface area contributed by atoms with Crippen LogP contribution < -0.4 is 11.5 Å². The zero-order valence-electron chi connectivity index (χ0n) is 7.47. The fourth-order valence-corrected chi connectivity index (χ4v) is 1.16. The fourth-order valence-electron chi connectivity index (χ4n) is 1.16. The first-order chi connectivity index (χ1) is 6.57. The summed E-state index contributed by atoms with van der Waals surface area (Å²) in [4.78, 5) is 10.7. The van der Waals surface area contributed by atoms with E-state index in [2.05, 4.69) is 0 Å². The highest BCUT2D eigenvalue weighted by molar-refractivity contribution is 5.91. The molecule has 5 nitrogen and oxygen atoms in total. The van der Waals surface area contributed by atoms with E-state index < -0.39 is 12.0 Å². The number of para-hydroxylation sites is 1. The Bertz CT molecular complexity index is 352. The summed E-state index contributed by atoms with van der Waals surface area (Å²) < 4.78 is 0. The van der Waals surface area contributed by atoms with Gasteiger partial charge in [-0.3, -0.25) is 0 Å². The number of aromatic carboxylic acids is 1. The van der Waals surface area contributed by atoms with Crippen molar-refractivity contribution in [2.75, 3.05) is 6.54 Å². The van der Waals surface area contributed by atoms with Crippen molar-refractivity contribution < 1.29 is 15.0 Å². The number of phenols is 1. The zero-order chi connectivity index (χ0) is 10.7. The maximum atomic E-state index is 10.7. The third kappa shape index (κ3) is 1.84. The van der Waals surface area contributed by atoms with Gasteiger partial charge in [0.25, 0.3) is 0 Å². The Morgan fingerprint density at radius 3 is 2.64 bits per heavy atom. The zero-order valence-corrected chi connectivity index (χ0v) is 7.47. The number of rotatable bonds is 3. The number of carboxylic acid groups (broad SMARTS) is 1. The van der Waals surface area contributed by atoms with Crippen LogP contribution in [0.1, 0.15) is 22.0 Å². The molecule has 14 heavy (non-hydrogen) atoms. The number of nitrogens with two attached hydrogens (primary N) is 2. The van der Waals surface area contributed by atoms with Gasteiger partial charge in [0.1, 0.15) is 11.3 Å². The van der Waals surface area contributed by atoms with Gasteiger partial charge >= 0.3 is 5.97 Å². The maximum absolute atomic E-state index is 10.7. The largest absolute Gasteiger partial charge is 0.507 e. The SMILES string of the molecule is NC[C@H](N)c1cccc(C(=O)O)c1O. The first-order valence-electron chi connectivity index (χ1n) is 4.08. The van der Waals surface area contributed by atoms with E-state index in [0.717, 1.165) is 0 Å². The lowest BCUT2D eigenvalue weighted by Crippen LogP contribution is -2.21. The minimum absolute atomic E-state index is 0.149. The normalized spacial score (nSPS) is 12.4. The predicted molar refractivity (Wildman–Crippen MR) is 51.0 cm³/mol. The van der Waals surface area contributed by atoms with E-state index in [1.54, 1.807) is 6.07 Å². The highest BCUT2D eigenvalue weighted by Crippen LogP contribution is 2.26. The fraction of sp³-hybridized carbons (Fsp3) is 0.222. The molecular formula is C9H12N2O3. The van der Waals surface area contributed by atoms with Gasteiger partial charge in [0.05, 0.1) is 0 Å². The highest BCUT2D eigenvalue weighted by Gasteiger charge is 2.16. The quantitative estimate of drug-likeness (QED) is 0.546. The highest BCUT2D eigenvalue weighted by atomic mass is 16.4. The molecule has 0 aliphatic heterocycles. The van der Waals surface area contributed by atoms with Gasteiger partial charge in [0, 0.05) is 18.2 Å². The van der Waals surface area contributed by atoms with Crippen LogP contribution in [0.4, 0.5) is 0 Å². The van der Waals surface area contributed by atoms with Crippen molar-refractivity contribution in [3.8, 4) is 5.75 Å². The molecule has 1 atom stereocenters. The molecule has 0 saturated carbocycles. The van der Waals surface area contributed by atoms with Crippen LogP contribution in [0.15, 0.2) is 18.2 Å². The smallest absolute Gasteiger partial charge is 0.339 e. The van der Waals surface area contributed by atoms with Crippen molar-refractivity contribution >= 4 is 5.97 Å². The number of carboxylic acids is 1. The molecule has 1 rings (SSSR count). The van der Waals surface area contributed by atoms with Crippen LogP contribution in [0.25, 0.3) is 0 Å². The van der Waals surface area contributed by atoms with E-state index in [1.165, 1.54) is 12.1 Å². The summed E-state index contributed by atoms with van der Waals surface area (Å²) in [5, 5.41) is 18.3. The van der Waals surface area contributed by atoms with Gasteiger partial charge in [0.2, 0.25) is 0 Å². The number of benzene rings is 1. The Morgan fingerprint density at radius 1 is 1.50 bits per heavy atom. The predicted octanol–water partition coefficient (Wildman–Crippen LogP) is 0.0489. The second-order valence-corrected chi connectivity index (χ2v) is 2.89. The van der Waals surface area contributed by atoms with Gasteiger partial charge in [0.15, 0.2) is 0 Å². The monoisotopic (exact) mass is 196 g/mol. The Hall–Kier alpha value is -1.59. The van der Waals surface area contributed by atoms with Crippen LogP contribution in [0.2, 0.25) is 0 Å². The van der Waals surface area contributed by atoms with Crippen molar-refractivity contribution in [2.24, 2.45) is 11.5 Å². The average Bonchev–Trinajstić information content (AvgIpc) is 2.16. The van der Waals surface area contributed by atoms with E-state index in [9.17, 15) is 9.90 Å². The first-order valence-corrected chi connectivity index (χ1v) is 4.08. The number of aromatic hydroxyl groups is 1. The molecule has 5 heteroatoms. The van der Waals surface area contributed by atoms with E-state index in [1.807, 2.05) is 0 Å². The van der Waals surface area contributed by atoms with E-state index in [4.69, 9.17) is 16.6 Å². The molecule has 1 aromatic rings. The minimum atomic E-state index is -1.19. The summed E-state index contributed by atoms with van der Waals surface area (Å²) in [6.45, 7) is 0.149. The molecule has 0 spiro atoms. The van der Waals surface area contributed by atoms with Gasteiger partial charge in [-0.1, -0.05) is 12.1 Å². The lowest BCUT2D eigenvalue weighted by Gasteiger charge is -2.12. The molecule has 0 heterocycles. The summed E-state index contributed by atoms with van der Waals surface area (Å²) in [5.74, 6) is -1.49. The maximum Gasteiger partial charge on any atom is 0.339 e. The Kier molecular flexibility index (Phi) is 3.06. The molecule has 0 saturated heterocycles. The molecular weight excluding hydrogens is 184 g/mol. The Labute approximate surface area is 81.0 Å². The summed E-state index contributed by atoms with van der Waals surface area (Å²) in [6.07, 6.45) is 0. The van der Waals surface area contributed by atoms with Gasteiger partial charge in [-0.15, -0.1) is 0 Å². The van der Waals surface area contributed by atoms with Crippen LogP contribution in [0, 0.1) is 0 Å². The first kappa shape index (κ1) is 10.5. The Balaban J connectivity index is 3.20. The van der Waals surface area contributed by atoms with E-state index in [-0.39, 0.29) is 17.9 Å². The molecule has 1 aromatic carbocycles. The lowest BCUT2D eigenvalue weighted by molar-refractivity contribution is 0.0693. The topological polar surface area (TPSA) is 110 Å². The number of hydrogen-bond donors (Lipinski definition) is 4. The van der Waals surface area contributed by atoms with Gasteiger partial charge < -0.3 is 21.7 Å². The minimum Gasteiger partial charge on any atom is -0.507 e. The molecule has 0 aromatic heterocycles. The summed E-state index contributed by atoms with van der Waals surface area (Å²) >= 11 is 0. The molecule has 0 bridgehead atoms. The molecule has 0 unspecified atom stereocenters. The van der Waals surface area contributed by atoms with Crippen molar-refractivity contribution in [1.82, 2.24) is 0 Å². The van der Waals surface area contributed by atoms with Crippen LogP contribution in [-0.2, 0) is 0 Å². The van der Waals surface area contributed by atoms with E-state index in [0.29, 0.717) is 5.56 Å². The summed E-state index contributed by atoms with van der Waals surface area (Å²) in [7, 11) is 0. The van der Waals surface area contributed by atoms with Crippen LogP contribution >= 0.6 is 0 Å². The third-order valence-electron chi connectivity index (χ3n) is 1.95. The van der Waals surface area contributed by atoms with Crippen LogP contribution in [0.3, 0.4) is 0 Å². The average molecular weight is 196 g/mol. The second kappa shape index (κ2) is 4.08. The van der Waals surface area contributed by atoms with Crippen molar-refractivity contribution in [1.29, 1.82) is 0 Å². The molecule has 0 radical (unpaired) electrons. The summed E-state index contributed by atoms with van der Waals surface area (Å²) in [6, 6.07) is 3.84. The molecule has 76 valence electrons.